The first-order valence-electron chi connectivity index (χ1n) is 6.38. The van der Waals surface area contributed by atoms with Crippen molar-refractivity contribution in [2.45, 2.75) is 40.5 Å². The van der Waals surface area contributed by atoms with Crippen molar-refractivity contribution in [3.05, 3.63) is 0 Å². The Morgan fingerprint density at radius 3 is 2.44 bits per heavy atom. The van der Waals surface area contributed by atoms with Crippen LogP contribution in [0.4, 0.5) is 0 Å². The van der Waals surface area contributed by atoms with Gasteiger partial charge in [-0.2, -0.15) is 0 Å². The topological polar surface area (TPSA) is 40.5 Å². The van der Waals surface area contributed by atoms with E-state index in [-0.39, 0.29) is 5.92 Å². The van der Waals surface area contributed by atoms with Crippen LogP contribution >= 0.6 is 0 Å². The largest absolute Gasteiger partial charge is 0.481 e. The lowest BCUT2D eigenvalue weighted by atomic mass is 9.76. The number of carbonyl (C=O) groups is 1. The molecular weight excluding hydrogens is 202 g/mol. The van der Waals surface area contributed by atoms with E-state index in [2.05, 4.69) is 18.7 Å². The SMILES string of the molecule is CCC(C)CN1CCC(C(=O)O)(C(C)C)C1. The van der Waals surface area contributed by atoms with Crippen molar-refractivity contribution < 1.29 is 9.90 Å². The fourth-order valence-corrected chi connectivity index (χ4v) is 2.53. The number of aliphatic carboxylic acids is 1. The lowest BCUT2D eigenvalue weighted by molar-refractivity contribution is -0.151. The van der Waals surface area contributed by atoms with Gasteiger partial charge in [-0.1, -0.05) is 34.1 Å². The normalized spacial score (nSPS) is 28.6. The maximum Gasteiger partial charge on any atom is 0.311 e. The zero-order valence-electron chi connectivity index (χ0n) is 11.0. The average Bonchev–Trinajstić information content (AvgIpc) is 2.63. The van der Waals surface area contributed by atoms with Crippen LogP contribution < -0.4 is 0 Å². The van der Waals surface area contributed by atoms with Gasteiger partial charge in [0.25, 0.3) is 0 Å². The summed E-state index contributed by atoms with van der Waals surface area (Å²) in [4.78, 5) is 13.8. The minimum atomic E-state index is -0.617. The van der Waals surface area contributed by atoms with Gasteiger partial charge in [-0.05, 0) is 24.8 Å². The van der Waals surface area contributed by atoms with Gasteiger partial charge >= 0.3 is 5.97 Å². The number of rotatable bonds is 5. The van der Waals surface area contributed by atoms with Crippen LogP contribution in [-0.2, 0) is 4.79 Å². The molecule has 0 aliphatic carbocycles. The lowest BCUT2D eigenvalue weighted by Crippen LogP contribution is -2.39. The minimum absolute atomic E-state index is 0.215. The van der Waals surface area contributed by atoms with Gasteiger partial charge in [0, 0.05) is 13.1 Å². The van der Waals surface area contributed by atoms with Gasteiger partial charge in [-0.15, -0.1) is 0 Å². The molecule has 1 N–H and O–H groups in total. The summed E-state index contributed by atoms with van der Waals surface area (Å²) in [5.41, 5.74) is -0.506. The van der Waals surface area contributed by atoms with E-state index in [1.165, 1.54) is 0 Å². The van der Waals surface area contributed by atoms with Crippen LogP contribution in [0.25, 0.3) is 0 Å². The molecule has 16 heavy (non-hydrogen) atoms. The van der Waals surface area contributed by atoms with Gasteiger partial charge in [0.05, 0.1) is 5.41 Å². The quantitative estimate of drug-likeness (QED) is 0.784. The summed E-state index contributed by atoms with van der Waals surface area (Å²) in [5.74, 6) is 0.262. The summed E-state index contributed by atoms with van der Waals surface area (Å²) in [5, 5.41) is 9.42. The molecule has 1 fully saturated rings. The summed E-state index contributed by atoms with van der Waals surface area (Å²) < 4.78 is 0. The standard InChI is InChI=1S/C13H25NO2/c1-5-11(4)8-14-7-6-13(9-14,10(2)3)12(15)16/h10-11H,5-9H2,1-4H3,(H,15,16). The highest BCUT2D eigenvalue weighted by Crippen LogP contribution is 2.38. The predicted molar refractivity (Wildman–Crippen MR) is 65.4 cm³/mol. The monoisotopic (exact) mass is 227 g/mol. The van der Waals surface area contributed by atoms with Crippen molar-refractivity contribution in [1.29, 1.82) is 0 Å². The fourth-order valence-electron chi connectivity index (χ4n) is 2.53. The third-order valence-corrected chi connectivity index (χ3v) is 4.18. The van der Waals surface area contributed by atoms with Crippen molar-refractivity contribution >= 4 is 5.97 Å². The Labute approximate surface area is 98.8 Å². The molecule has 0 spiro atoms. The smallest absolute Gasteiger partial charge is 0.311 e. The van der Waals surface area contributed by atoms with Crippen molar-refractivity contribution in [2.75, 3.05) is 19.6 Å². The van der Waals surface area contributed by atoms with Crippen molar-refractivity contribution in [3.63, 3.8) is 0 Å². The Balaban J connectivity index is 2.64. The molecule has 3 nitrogen and oxygen atoms in total. The maximum absolute atomic E-state index is 11.4. The van der Waals surface area contributed by atoms with Gasteiger partial charge in [-0.3, -0.25) is 4.79 Å². The van der Waals surface area contributed by atoms with Crippen LogP contribution in [0.1, 0.15) is 40.5 Å². The Bertz CT molecular complexity index is 252. The molecule has 2 unspecified atom stereocenters. The van der Waals surface area contributed by atoms with Gasteiger partial charge in [0.15, 0.2) is 0 Å². The molecule has 0 aromatic rings. The summed E-state index contributed by atoms with van der Waals surface area (Å²) in [7, 11) is 0. The summed E-state index contributed by atoms with van der Waals surface area (Å²) in [6.45, 7) is 11.2. The molecule has 1 heterocycles. The second-order valence-electron chi connectivity index (χ2n) is 5.61. The highest BCUT2D eigenvalue weighted by Gasteiger charge is 2.47. The molecule has 1 rings (SSSR count). The van der Waals surface area contributed by atoms with Crippen LogP contribution in [-0.4, -0.2) is 35.6 Å². The second-order valence-corrected chi connectivity index (χ2v) is 5.61. The fraction of sp³-hybridized carbons (Fsp3) is 0.923. The first-order valence-corrected chi connectivity index (χ1v) is 6.38. The molecule has 0 saturated carbocycles. The van der Waals surface area contributed by atoms with Crippen LogP contribution in [0.15, 0.2) is 0 Å². The number of nitrogens with zero attached hydrogens (tertiary/aromatic N) is 1. The molecule has 1 saturated heterocycles. The molecule has 94 valence electrons. The highest BCUT2D eigenvalue weighted by molar-refractivity contribution is 5.75. The number of likely N-dealkylation sites (tertiary alicyclic amines) is 1. The van der Waals surface area contributed by atoms with Gasteiger partial charge < -0.3 is 10.0 Å². The summed E-state index contributed by atoms with van der Waals surface area (Å²) in [6.07, 6.45) is 1.97. The third kappa shape index (κ3) is 2.57. The van der Waals surface area contributed by atoms with Crippen molar-refractivity contribution in [3.8, 4) is 0 Å². The highest BCUT2D eigenvalue weighted by atomic mass is 16.4. The van der Waals surface area contributed by atoms with Gasteiger partial charge in [0.1, 0.15) is 0 Å². The van der Waals surface area contributed by atoms with Crippen molar-refractivity contribution in [2.24, 2.45) is 17.3 Å². The number of carboxylic acid groups (broad SMARTS) is 1. The molecule has 1 aliphatic heterocycles. The zero-order chi connectivity index (χ0) is 12.3. The van der Waals surface area contributed by atoms with E-state index in [1.807, 2.05) is 13.8 Å². The Morgan fingerprint density at radius 1 is 1.44 bits per heavy atom. The molecule has 0 bridgehead atoms. The molecule has 2 atom stereocenters. The zero-order valence-corrected chi connectivity index (χ0v) is 11.0. The van der Waals surface area contributed by atoms with E-state index in [9.17, 15) is 9.90 Å². The third-order valence-electron chi connectivity index (χ3n) is 4.18. The minimum Gasteiger partial charge on any atom is -0.481 e. The van der Waals surface area contributed by atoms with Crippen LogP contribution in [0.2, 0.25) is 0 Å². The molecular formula is C13H25NO2. The molecule has 0 amide bonds. The predicted octanol–water partition coefficient (Wildman–Crippen LogP) is 2.47. The Morgan fingerprint density at radius 2 is 2.06 bits per heavy atom. The van der Waals surface area contributed by atoms with E-state index in [1.54, 1.807) is 0 Å². The summed E-state index contributed by atoms with van der Waals surface area (Å²) >= 11 is 0. The summed E-state index contributed by atoms with van der Waals surface area (Å²) in [6, 6.07) is 0. The molecule has 1 aliphatic rings. The van der Waals surface area contributed by atoms with Gasteiger partial charge in [-0.25, -0.2) is 0 Å². The van der Waals surface area contributed by atoms with E-state index in [0.29, 0.717) is 5.92 Å². The van der Waals surface area contributed by atoms with E-state index < -0.39 is 11.4 Å². The Kier molecular flexibility index (Phi) is 4.36. The lowest BCUT2D eigenvalue weighted by Gasteiger charge is -2.29. The van der Waals surface area contributed by atoms with E-state index in [4.69, 9.17) is 0 Å². The molecule has 0 aromatic carbocycles. The first kappa shape index (κ1) is 13.5. The first-order chi connectivity index (χ1) is 7.42. The average molecular weight is 227 g/mol. The molecule has 0 radical (unpaired) electrons. The Hall–Kier alpha value is -0.570. The number of hydrogen-bond donors (Lipinski definition) is 1. The molecule has 0 aromatic heterocycles. The van der Waals surface area contributed by atoms with Crippen molar-refractivity contribution in [1.82, 2.24) is 4.90 Å². The van der Waals surface area contributed by atoms with Crippen LogP contribution in [0, 0.1) is 17.3 Å². The number of carboxylic acids is 1. The van der Waals surface area contributed by atoms with E-state index >= 15 is 0 Å². The van der Waals surface area contributed by atoms with Gasteiger partial charge in [0.2, 0.25) is 0 Å². The van der Waals surface area contributed by atoms with Crippen LogP contribution in [0.3, 0.4) is 0 Å². The van der Waals surface area contributed by atoms with Crippen LogP contribution in [0.5, 0.6) is 0 Å². The number of hydrogen-bond acceptors (Lipinski definition) is 2. The molecule has 3 heteroatoms. The second kappa shape index (κ2) is 5.17. The maximum atomic E-state index is 11.4. The van der Waals surface area contributed by atoms with E-state index in [0.717, 1.165) is 32.5 Å².